The third-order valence-electron chi connectivity index (χ3n) is 2.39. The maximum Gasteiger partial charge on any atom is 0.221 e. The summed E-state index contributed by atoms with van der Waals surface area (Å²) in [6.45, 7) is 1.40. The third kappa shape index (κ3) is 3.22. The number of para-hydroxylation sites is 2. The minimum absolute atomic E-state index is 0.206. The van der Waals surface area contributed by atoms with E-state index in [1.807, 2.05) is 0 Å². The molecule has 0 aliphatic carbocycles. The Hall–Kier alpha value is -2.56. The molecule has 0 saturated heterocycles. The van der Waals surface area contributed by atoms with Crippen molar-refractivity contribution in [3.63, 3.8) is 0 Å². The van der Waals surface area contributed by atoms with Crippen molar-refractivity contribution >= 4 is 17.3 Å². The second-order valence-electron chi connectivity index (χ2n) is 3.96. The van der Waals surface area contributed by atoms with E-state index in [1.165, 1.54) is 25.1 Å². The molecular weight excluding hydrogens is 247 g/mol. The van der Waals surface area contributed by atoms with E-state index in [0.29, 0.717) is 17.1 Å². The van der Waals surface area contributed by atoms with Crippen LogP contribution in [0.2, 0.25) is 0 Å². The molecule has 2 aromatic rings. The van der Waals surface area contributed by atoms with Gasteiger partial charge in [-0.25, -0.2) is 4.39 Å². The van der Waals surface area contributed by atoms with Gasteiger partial charge in [0.15, 0.2) is 11.5 Å². The lowest BCUT2D eigenvalue weighted by molar-refractivity contribution is -0.114. The molecule has 2 rings (SSSR count). The largest absolute Gasteiger partial charge is 0.453 e. The molecule has 0 aliphatic heterocycles. The number of hydrogen-bond donors (Lipinski definition) is 2. The zero-order valence-electron chi connectivity index (χ0n) is 10.3. The Labute approximate surface area is 110 Å². The SMILES string of the molecule is CC(=O)Nc1ccccc1Oc1cc(F)ccc1N. The van der Waals surface area contributed by atoms with Crippen molar-refractivity contribution in [3.8, 4) is 11.5 Å². The first-order valence-electron chi connectivity index (χ1n) is 5.66. The molecule has 5 heteroatoms. The van der Waals surface area contributed by atoms with Gasteiger partial charge in [0, 0.05) is 13.0 Å². The summed E-state index contributed by atoms with van der Waals surface area (Å²) in [6.07, 6.45) is 0. The average molecular weight is 260 g/mol. The summed E-state index contributed by atoms with van der Waals surface area (Å²) < 4.78 is 18.7. The summed E-state index contributed by atoms with van der Waals surface area (Å²) in [5.74, 6) is -0.0581. The molecular formula is C14H13FN2O2. The number of benzene rings is 2. The molecule has 0 atom stereocenters. The van der Waals surface area contributed by atoms with Crippen LogP contribution in [0.4, 0.5) is 15.8 Å². The van der Waals surface area contributed by atoms with Crippen molar-refractivity contribution in [1.29, 1.82) is 0 Å². The van der Waals surface area contributed by atoms with Crippen molar-refractivity contribution in [3.05, 3.63) is 48.3 Å². The van der Waals surface area contributed by atoms with E-state index in [2.05, 4.69) is 5.32 Å². The zero-order chi connectivity index (χ0) is 13.8. The van der Waals surface area contributed by atoms with Gasteiger partial charge in [-0.1, -0.05) is 12.1 Å². The highest BCUT2D eigenvalue weighted by atomic mass is 19.1. The predicted molar refractivity (Wildman–Crippen MR) is 71.6 cm³/mol. The zero-order valence-corrected chi connectivity index (χ0v) is 10.3. The van der Waals surface area contributed by atoms with Crippen LogP contribution >= 0.6 is 0 Å². The summed E-state index contributed by atoms with van der Waals surface area (Å²) in [6, 6.07) is 10.7. The molecule has 4 nitrogen and oxygen atoms in total. The van der Waals surface area contributed by atoms with Gasteiger partial charge in [-0.3, -0.25) is 4.79 Å². The number of nitrogens with one attached hydrogen (secondary N) is 1. The topological polar surface area (TPSA) is 64.3 Å². The second kappa shape index (κ2) is 5.39. The van der Waals surface area contributed by atoms with Gasteiger partial charge in [-0.2, -0.15) is 0 Å². The number of carbonyl (C=O) groups excluding carboxylic acids is 1. The van der Waals surface area contributed by atoms with Crippen molar-refractivity contribution in [1.82, 2.24) is 0 Å². The summed E-state index contributed by atoms with van der Waals surface area (Å²) in [5.41, 5.74) is 6.53. The van der Waals surface area contributed by atoms with Gasteiger partial charge in [0.05, 0.1) is 11.4 Å². The highest BCUT2D eigenvalue weighted by Gasteiger charge is 2.08. The first-order chi connectivity index (χ1) is 9.06. The fraction of sp³-hybridized carbons (Fsp3) is 0.0714. The third-order valence-corrected chi connectivity index (χ3v) is 2.39. The van der Waals surface area contributed by atoms with Crippen molar-refractivity contribution in [2.45, 2.75) is 6.92 Å². The second-order valence-corrected chi connectivity index (χ2v) is 3.96. The minimum Gasteiger partial charge on any atom is -0.453 e. The van der Waals surface area contributed by atoms with Gasteiger partial charge >= 0.3 is 0 Å². The number of rotatable bonds is 3. The number of hydrogen-bond acceptors (Lipinski definition) is 3. The quantitative estimate of drug-likeness (QED) is 0.833. The lowest BCUT2D eigenvalue weighted by Crippen LogP contribution is -2.07. The summed E-state index contributed by atoms with van der Waals surface area (Å²) in [5, 5.41) is 2.63. The Morgan fingerprint density at radius 3 is 2.68 bits per heavy atom. The van der Waals surface area contributed by atoms with E-state index in [9.17, 15) is 9.18 Å². The Kier molecular flexibility index (Phi) is 3.66. The van der Waals surface area contributed by atoms with Gasteiger partial charge in [-0.15, -0.1) is 0 Å². The number of halogens is 1. The van der Waals surface area contributed by atoms with Gasteiger partial charge < -0.3 is 15.8 Å². The summed E-state index contributed by atoms with van der Waals surface area (Å²) in [7, 11) is 0. The summed E-state index contributed by atoms with van der Waals surface area (Å²) in [4.78, 5) is 11.1. The van der Waals surface area contributed by atoms with Gasteiger partial charge in [0.1, 0.15) is 5.82 Å². The molecule has 98 valence electrons. The Bertz CT molecular complexity index is 614. The smallest absolute Gasteiger partial charge is 0.221 e. The molecule has 0 spiro atoms. The highest BCUT2D eigenvalue weighted by Crippen LogP contribution is 2.32. The molecule has 2 aromatic carbocycles. The number of nitrogens with two attached hydrogens (primary N) is 1. The van der Waals surface area contributed by atoms with Crippen LogP contribution in [0.15, 0.2) is 42.5 Å². The van der Waals surface area contributed by atoms with E-state index in [0.717, 1.165) is 0 Å². The Morgan fingerprint density at radius 2 is 1.95 bits per heavy atom. The van der Waals surface area contributed by atoms with Crippen molar-refractivity contribution in [2.75, 3.05) is 11.1 Å². The first-order valence-corrected chi connectivity index (χ1v) is 5.66. The van der Waals surface area contributed by atoms with Gasteiger partial charge in [-0.05, 0) is 24.3 Å². The molecule has 0 fully saturated rings. The Morgan fingerprint density at radius 1 is 1.21 bits per heavy atom. The lowest BCUT2D eigenvalue weighted by Gasteiger charge is -2.12. The van der Waals surface area contributed by atoms with Crippen LogP contribution in [-0.2, 0) is 4.79 Å². The lowest BCUT2D eigenvalue weighted by atomic mass is 10.2. The van der Waals surface area contributed by atoms with Crippen LogP contribution in [0.5, 0.6) is 11.5 Å². The molecule has 3 N–H and O–H groups in total. The number of ether oxygens (including phenoxy) is 1. The molecule has 0 bridgehead atoms. The molecule has 0 saturated carbocycles. The van der Waals surface area contributed by atoms with Crippen molar-refractivity contribution < 1.29 is 13.9 Å². The standard InChI is InChI=1S/C14H13FN2O2/c1-9(18)17-12-4-2-3-5-13(12)19-14-8-10(15)6-7-11(14)16/h2-8H,16H2,1H3,(H,17,18). The van der Waals surface area contributed by atoms with Gasteiger partial charge in [0.2, 0.25) is 5.91 Å². The van der Waals surface area contributed by atoms with E-state index >= 15 is 0 Å². The normalized spacial score (nSPS) is 10.0. The molecule has 0 aromatic heterocycles. The van der Waals surface area contributed by atoms with Crippen LogP contribution in [0.3, 0.4) is 0 Å². The fourth-order valence-corrected chi connectivity index (χ4v) is 1.56. The van der Waals surface area contributed by atoms with Crippen LogP contribution in [0.1, 0.15) is 6.92 Å². The van der Waals surface area contributed by atoms with Crippen LogP contribution in [0, 0.1) is 5.82 Å². The predicted octanol–water partition coefficient (Wildman–Crippen LogP) is 3.16. The molecule has 0 unspecified atom stereocenters. The molecule has 19 heavy (non-hydrogen) atoms. The highest BCUT2D eigenvalue weighted by molar-refractivity contribution is 5.90. The fourth-order valence-electron chi connectivity index (χ4n) is 1.56. The number of carbonyl (C=O) groups is 1. The maximum absolute atomic E-state index is 13.2. The Balaban J connectivity index is 2.32. The van der Waals surface area contributed by atoms with E-state index in [1.54, 1.807) is 24.3 Å². The van der Waals surface area contributed by atoms with E-state index in [-0.39, 0.29) is 11.7 Å². The molecule has 1 amide bonds. The van der Waals surface area contributed by atoms with E-state index < -0.39 is 5.82 Å². The number of nitrogen functional groups attached to an aromatic ring is 1. The van der Waals surface area contributed by atoms with Gasteiger partial charge in [0.25, 0.3) is 0 Å². The van der Waals surface area contributed by atoms with E-state index in [4.69, 9.17) is 10.5 Å². The van der Waals surface area contributed by atoms with Crippen molar-refractivity contribution in [2.24, 2.45) is 0 Å². The molecule has 0 heterocycles. The number of anilines is 2. The minimum atomic E-state index is -0.443. The molecule has 0 aliphatic rings. The summed E-state index contributed by atoms with van der Waals surface area (Å²) >= 11 is 0. The monoisotopic (exact) mass is 260 g/mol. The van der Waals surface area contributed by atoms with Crippen LogP contribution in [-0.4, -0.2) is 5.91 Å². The molecule has 0 radical (unpaired) electrons. The average Bonchev–Trinajstić information content (AvgIpc) is 2.35. The first kappa shape index (κ1) is 12.9. The number of amides is 1. The maximum atomic E-state index is 13.2. The van der Waals surface area contributed by atoms with Crippen LogP contribution < -0.4 is 15.8 Å². The van der Waals surface area contributed by atoms with Crippen LogP contribution in [0.25, 0.3) is 0 Å².